The van der Waals surface area contributed by atoms with Gasteiger partial charge in [-0.2, -0.15) is 0 Å². The fraction of sp³-hybridized carbons (Fsp3) is 0.783. The number of esters is 4. The Bertz CT molecular complexity index is 1040. The molecule has 54 heavy (non-hydrogen) atoms. The van der Waals surface area contributed by atoms with Gasteiger partial charge in [-0.15, -0.1) is 0 Å². The van der Waals surface area contributed by atoms with E-state index in [-0.39, 0.29) is 52.1 Å². The van der Waals surface area contributed by atoms with Crippen LogP contribution in [0.25, 0.3) is 0 Å². The van der Waals surface area contributed by atoms with Gasteiger partial charge in [-0.25, -0.2) is 0 Å². The number of ether oxygens (including phenoxy) is 4. The average molecular weight is 759 g/mol. The van der Waals surface area contributed by atoms with E-state index in [0.29, 0.717) is 24.0 Å². The fourth-order valence-corrected chi connectivity index (χ4v) is 7.50. The van der Waals surface area contributed by atoms with Crippen molar-refractivity contribution in [1.29, 1.82) is 0 Å². The van der Waals surface area contributed by atoms with E-state index in [1.54, 1.807) is 27.7 Å². The molecule has 0 saturated carbocycles. The van der Waals surface area contributed by atoms with Crippen LogP contribution in [0.4, 0.5) is 0 Å². The van der Waals surface area contributed by atoms with Crippen molar-refractivity contribution >= 4 is 23.9 Å². The van der Waals surface area contributed by atoms with E-state index in [0.717, 1.165) is 38.5 Å². The minimum Gasteiger partial charge on any atom is -0.465 e. The van der Waals surface area contributed by atoms with Crippen LogP contribution in [0.2, 0.25) is 0 Å². The van der Waals surface area contributed by atoms with E-state index in [2.05, 4.69) is 13.8 Å². The zero-order chi connectivity index (χ0) is 39.9. The molecule has 8 heteroatoms. The minimum absolute atomic E-state index is 0.0399. The van der Waals surface area contributed by atoms with Crippen LogP contribution in [0.15, 0.2) is 24.3 Å². The molecule has 0 spiro atoms. The van der Waals surface area contributed by atoms with Crippen LogP contribution in [0, 0.1) is 10.8 Å². The van der Waals surface area contributed by atoms with Crippen LogP contribution < -0.4 is 0 Å². The normalized spacial score (nSPS) is 11.7. The molecule has 8 nitrogen and oxygen atoms in total. The summed E-state index contributed by atoms with van der Waals surface area (Å²) in [5.74, 6) is -2.38. The predicted octanol–water partition coefficient (Wildman–Crippen LogP) is 11.6. The summed E-state index contributed by atoms with van der Waals surface area (Å²) in [4.78, 5) is 55.6. The van der Waals surface area contributed by atoms with Crippen molar-refractivity contribution in [2.45, 2.75) is 196 Å². The lowest BCUT2D eigenvalue weighted by molar-refractivity contribution is -0.175. The van der Waals surface area contributed by atoms with Crippen molar-refractivity contribution in [3.8, 4) is 0 Å². The molecule has 0 radical (unpaired) electrons. The van der Waals surface area contributed by atoms with Crippen LogP contribution in [0.3, 0.4) is 0 Å². The highest BCUT2D eigenvalue weighted by Gasteiger charge is 2.51. The Labute approximate surface area is 329 Å². The Kier molecular flexibility index (Phi) is 27.6. The fourth-order valence-electron chi connectivity index (χ4n) is 7.50. The van der Waals surface area contributed by atoms with E-state index in [1.165, 1.54) is 77.0 Å². The van der Waals surface area contributed by atoms with Gasteiger partial charge in [0.2, 0.25) is 0 Å². The largest absolute Gasteiger partial charge is 0.465 e. The summed E-state index contributed by atoms with van der Waals surface area (Å²) in [6, 6.07) is 7.48. The molecule has 0 heterocycles. The maximum absolute atomic E-state index is 13.9. The number of hydrogen-bond donors (Lipinski definition) is 0. The monoisotopic (exact) mass is 759 g/mol. The van der Waals surface area contributed by atoms with Crippen LogP contribution in [-0.2, 0) is 51.0 Å². The second-order valence-corrected chi connectivity index (χ2v) is 15.0. The first-order chi connectivity index (χ1) is 26.2. The summed E-state index contributed by atoms with van der Waals surface area (Å²) in [7, 11) is 0. The summed E-state index contributed by atoms with van der Waals surface area (Å²) in [6.07, 6.45) is 23.2. The lowest BCUT2D eigenvalue weighted by Gasteiger charge is -2.32. The van der Waals surface area contributed by atoms with Gasteiger partial charge in [0.15, 0.2) is 10.8 Å². The third-order valence-electron chi connectivity index (χ3n) is 10.7. The third-order valence-corrected chi connectivity index (χ3v) is 10.7. The van der Waals surface area contributed by atoms with Crippen LogP contribution in [-0.4, -0.2) is 50.3 Å². The SMILES string of the molecule is CCCCCCCCCCCCC(Cc1ccccc1CC(CCCCCCCCCCCC)(C(=O)OCC)C(=O)OCC)(C(=O)OCC)C(=O)OCC. The van der Waals surface area contributed by atoms with Crippen LogP contribution in [0.1, 0.15) is 194 Å². The lowest BCUT2D eigenvalue weighted by Crippen LogP contribution is -2.45. The van der Waals surface area contributed by atoms with Crippen molar-refractivity contribution in [1.82, 2.24) is 0 Å². The molecule has 0 aliphatic carbocycles. The smallest absolute Gasteiger partial charge is 0.323 e. The molecule has 0 fully saturated rings. The molecule has 0 aliphatic heterocycles. The van der Waals surface area contributed by atoms with Gasteiger partial charge in [0, 0.05) is 0 Å². The number of benzene rings is 1. The van der Waals surface area contributed by atoms with Crippen LogP contribution in [0.5, 0.6) is 0 Å². The molecular formula is C46H78O8. The molecule has 0 aliphatic rings. The average Bonchev–Trinajstić information content (AvgIpc) is 3.16. The standard InChI is InChI=1S/C46H78O8/c1-7-13-15-17-19-21-23-25-27-31-35-45(41(47)51-9-3,42(48)52-10-4)37-39-33-29-30-34-40(39)38-46(43(49)53-11-5,44(50)54-12-6)36-32-28-26-24-22-20-18-16-14-8-2/h29-30,33-34H,7-28,31-32,35-38H2,1-6H3. The maximum Gasteiger partial charge on any atom is 0.323 e. The second kappa shape index (κ2) is 30.3. The van der Waals surface area contributed by atoms with Gasteiger partial charge in [-0.3, -0.25) is 19.2 Å². The van der Waals surface area contributed by atoms with Gasteiger partial charge in [-0.05, 0) is 64.5 Å². The molecular weight excluding hydrogens is 680 g/mol. The van der Waals surface area contributed by atoms with E-state index in [4.69, 9.17) is 18.9 Å². The Morgan fingerprint density at radius 2 is 0.630 bits per heavy atom. The van der Waals surface area contributed by atoms with Gasteiger partial charge in [-0.1, -0.05) is 167 Å². The summed E-state index contributed by atoms with van der Waals surface area (Å²) in [6.45, 7) is 11.9. The van der Waals surface area contributed by atoms with Crippen molar-refractivity contribution in [3.05, 3.63) is 35.4 Å². The highest BCUT2D eigenvalue weighted by molar-refractivity contribution is 6.01. The molecule has 1 aromatic rings. The quantitative estimate of drug-likeness (QED) is 0.0296. The zero-order valence-electron chi connectivity index (χ0n) is 35.4. The lowest BCUT2D eigenvalue weighted by atomic mass is 9.72. The summed E-state index contributed by atoms with van der Waals surface area (Å²) >= 11 is 0. The zero-order valence-corrected chi connectivity index (χ0v) is 35.4. The molecule has 0 N–H and O–H groups in total. The van der Waals surface area contributed by atoms with Crippen molar-refractivity contribution in [2.24, 2.45) is 10.8 Å². The van der Waals surface area contributed by atoms with Crippen molar-refractivity contribution in [3.63, 3.8) is 0 Å². The van der Waals surface area contributed by atoms with Gasteiger partial charge in [0.25, 0.3) is 0 Å². The molecule has 0 amide bonds. The molecule has 1 rings (SSSR count). The Morgan fingerprint density at radius 3 is 0.870 bits per heavy atom. The Hall–Kier alpha value is -2.90. The highest BCUT2D eigenvalue weighted by Crippen LogP contribution is 2.39. The van der Waals surface area contributed by atoms with Gasteiger partial charge < -0.3 is 18.9 Å². The summed E-state index contributed by atoms with van der Waals surface area (Å²) in [5.41, 5.74) is -1.72. The van der Waals surface area contributed by atoms with E-state index in [9.17, 15) is 19.2 Å². The summed E-state index contributed by atoms with van der Waals surface area (Å²) < 4.78 is 22.4. The second-order valence-electron chi connectivity index (χ2n) is 15.0. The van der Waals surface area contributed by atoms with Crippen molar-refractivity contribution < 1.29 is 38.1 Å². The molecule has 0 saturated heterocycles. The third kappa shape index (κ3) is 17.7. The topological polar surface area (TPSA) is 105 Å². The number of carbonyl (C=O) groups is 4. The molecule has 310 valence electrons. The van der Waals surface area contributed by atoms with Gasteiger partial charge >= 0.3 is 23.9 Å². The molecule has 0 unspecified atom stereocenters. The van der Waals surface area contributed by atoms with Crippen molar-refractivity contribution in [2.75, 3.05) is 26.4 Å². The number of hydrogen-bond acceptors (Lipinski definition) is 8. The van der Waals surface area contributed by atoms with E-state index >= 15 is 0 Å². The molecule has 0 atom stereocenters. The minimum atomic E-state index is -1.56. The van der Waals surface area contributed by atoms with E-state index < -0.39 is 34.7 Å². The number of carbonyl (C=O) groups excluding carboxylic acids is 4. The van der Waals surface area contributed by atoms with Gasteiger partial charge in [0.1, 0.15) is 0 Å². The van der Waals surface area contributed by atoms with Gasteiger partial charge in [0.05, 0.1) is 26.4 Å². The van der Waals surface area contributed by atoms with Crippen LogP contribution >= 0.6 is 0 Å². The number of unbranched alkanes of at least 4 members (excludes halogenated alkanes) is 18. The molecule has 0 bridgehead atoms. The first-order valence-corrected chi connectivity index (χ1v) is 22.0. The Balaban J connectivity index is 3.36. The predicted molar refractivity (Wildman–Crippen MR) is 218 cm³/mol. The first-order valence-electron chi connectivity index (χ1n) is 22.0. The maximum atomic E-state index is 13.9. The van der Waals surface area contributed by atoms with E-state index in [1.807, 2.05) is 24.3 Å². The first kappa shape index (κ1) is 49.1. The number of rotatable bonds is 34. The summed E-state index contributed by atoms with van der Waals surface area (Å²) in [5, 5.41) is 0. The molecule has 1 aromatic carbocycles. The Morgan fingerprint density at radius 1 is 0.389 bits per heavy atom. The highest BCUT2D eigenvalue weighted by atomic mass is 16.6. The molecule has 0 aromatic heterocycles.